The van der Waals surface area contributed by atoms with Crippen LogP contribution in [0.5, 0.6) is 11.5 Å². The van der Waals surface area contributed by atoms with Gasteiger partial charge in [-0.05, 0) is 43.7 Å². The molecule has 2 rings (SSSR count). The third-order valence-electron chi connectivity index (χ3n) is 4.27. The average molecular weight is 370 g/mol. The van der Waals surface area contributed by atoms with Crippen LogP contribution in [0.2, 0.25) is 0 Å². The fourth-order valence-electron chi connectivity index (χ4n) is 2.70. The first-order chi connectivity index (χ1) is 12.9. The van der Waals surface area contributed by atoms with Crippen LogP contribution in [0.1, 0.15) is 18.1 Å². The first kappa shape index (κ1) is 20.3. The molecule has 0 unspecified atom stereocenters. The zero-order chi connectivity index (χ0) is 19.8. The van der Waals surface area contributed by atoms with Crippen molar-refractivity contribution in [1.82, 2.24) is 10.2 Å². The van der Waals surface area contributed by atoms with Crippen molar-refractivity contribution < 1.29 is 19.1 Å². The standard InChI is InChI=1S/C21H26N2O4/c1-15-6-5-7-17(12-15)13-23(16(2)21(25)22-3)20(24)14-27-19-10-8-18(26-4)9-11-19/h5-12,16H,13-14H2,1-4H3,(H,22,25)/t16-/m0/s1. The molecule has 0 aliphatic heterocycles. The Labute approximate surface area is 160 Å². The van der Waals surface area contributed by atoms with E-state index >= 15 is 0 Å². The summed E-state index contributed by atoms with van der Waals surface area (Å²) in [5, 5.41) is 2.60. The molecule has 1 N–H and O–H groups in total. The first-order valence-electron chi connectivity index (χ1n) is 8.78. The van der Waals surface area contributed by atoms with Crippen LogP contribution >= 0.6 is 0 Å². The van der Waals surface area contributed by atoms with E-state index in [1.807, 2.05) is 31.2 Å². The molecular weight excluding hydrogens is 344 g/mol. The highest BCUT2D eigenvalue weighted by Gasteiger charge is 2.25. The highest BCUT2D eigenvalue weighted by molar-refractivity contribution is 5.87. The quantitative estimate of drug-likeness (QED) is 0.775. The van der Waals surface area contributed by atoms with Gasteiger partial charge in [-0.3, -0.25) is 9.59 Å². The van der Waals surface area contributed by atoms with Crippen LogP contribution in [0.25, 0.3) is 0 Å². The summed E-state index contributed by atoms with van der Waals surface area (Å²) in [7, 11) is 3.14. The highest BCUT2D eigenvalue weighted by atomic mass is 16.5. The number of likely N-dealkylation sites (N-methyl/N-ethyl adjacent to an activating group) is 1. The van der Waals surface area contributed by atoms with E-state index in [-0.39, 0.29) is 18.4 Å². The van der Waals surface area contributed by atoms with E-state index in [0.29, 0.717) is 18.0 Å². The number of rotatable bonds is 8. The van der Waals surface area contributed by atoms with Crippen LogP contribution in [-0.2, 0) is 16.1 Å². The zero-order valence-corrected chi connectivity index (χ0v) is 16.2. The van der Waals surface area contributed by atoms with Gasteiger partial charge in [0, 0.05) is 13.6 Å². The number of hydrogen-bond donors (Lipinski definition) is 1. The van der Waals surface area contributed by atoms with Gasteiger partial charge in [-0.2, -0.15) is 0 Å². The maximum atomic E-state index is 12.8. The second kappa shape index (κ2) is 9.62. The molecule has 0 saturated carbocycles. The molecule has 0 saturated heterocycles. The number of amides is 2. The van der Waals surface area contributed by atoms with Gasteiger partial charge in [-0.1, -0.05) is 29.8 Å². The summed E-state index contributed by atoms with van der Waals surface area (Å²) in [5.41, 5.74) is 2.06. The smallest absolute Gasteiger partial charge is 0.261 e. The Morgan fingerprint density at radius 1 is 1.11 bits per heavy atom. The molecule has 0 fully saturated rings. The highest BCUT2D eigenvalue weighted by Crippen LogP contribution is 2.17. The summed E-state index contributed by atoms with van der Waals surface area (Å²) in [6, 6.07) is 14.3. The predicted molar refractivity (Wildman–Crippen MR) is 104 cm³/mol. The predicted octanol–water partition coefficient (Wildman–Crippen LogP) is 2.55. The molecule has 144 valence electrons. The van der Waals surface area contributed by atoms with Crippen LogP contribution in [0.3, 0.4) is 0 Å². The lowest BCUT2D eigenvalue weighted by molar-refractivity contribution is -0.142. The average Bonchev–Trinajstić information content (AvgIpc) is 2.69. The summed E-state index contributed by atoms with van der Waals surface area (Å²) >= 11 is 0. The number of carbonyl (C=O) groups excluding carboxylic acids is 2. The second-order valence-corrected chi connectivity index (χ2v) is 6.27. The fraction of sp³-hybridized carbons (Fsp3) is 0.333. The number of carbonyl (C=O) groups is 2. The van der Waals surface area contributed by atoms with Gasteiger partial charge >= 0.3 is 0 Å². The van der Waals surface area contributed by atoms with Gasteiger partial charge < -0.3 is 19.7 Å². The molecule has 2 aromatic rings. The van der Waals surface area contributed by atoms with Gasteiger partial charge in [0.25, 0.3) is 5.91 Å². The van der Waals surface area contributed by atoms with E-state index in [0.717, 1.165) is 11.1 Å². The first-order valence-corrected chi connectivity index (χ1v) is 8.78. The second-order valence-electron chi connectivity index (χ2n) is 6.27. The number of nitrogens with zero attached hydrogens (tertiary/aromatic N) is 1. The lowest BCUT2D eigenvalue weighted by Crippen LogP contribution is -2.48. The van der Waals surface area contributed by atoms with E-state index in [4.69, 9.17) is 9.47 Å². The molecule has 0 bridgehead atoms. The Morgan fingerprint density at radius 2 is 1.78 bits per heavy atom. The molecule has 6 nitrogen and oxygen atoms in total. The van der Waals surface area contributed by atoms with Crippen molar-refractivity contribution in [2.45, 2.75) is 26.4 Å². The van der Waals surface area contributed by atoms with Gasteiger partial charge in [0.1, 0.15) is 17.5 Å². The Hall–Kier alpha value is -3.02. The van der Waals surface area contributed by atoms with E-state index in [1.54, 1.807) is 45.3 Å². The van der Waals surface area contributed by atoms with Gasteiger partial charge in [0.15, 0.2) is 6.61 Å². The van der Waals surface area contributed by atoms with Crippen molar-refractivity contribution in [1.29, 1.82) is 0 Å². The molecule has 2 amide bonds. The molecule has 1 atom stereocenters. The summed E-state index contributed by atoms with van der Waals surface area (Å²) in [5.74, 6) is 0.791. The van der Waals surface area contributed by atoms with Crippen molar-refractivity contribution in [3.8, 4) is 11.5 Å². The molecule has 6 heteroatoms. The lowest BCUT2D eigenvalue weighted by atomic mass is 10.1. The minimum Gasteiger partial charge on any atom is -0.497 e. The van der Waals surface area contributed by atoms with Crippen molar-refractivity contribution in [2.24, 2.45) is 0 Å². The molecular formula is C21H26N2O4. The minimum atomic E-state index is -0.609. The van der Waals surface area contributed by atoms with E-state index in [2.05, 4.69) is 5.32 Å². The van der Waals surface area contributed by atoms with Crippen molar-refractivity contribution in [3.05, 3.63) is 59.7 Å². The Morgan fingerprint density at radius 3 is 2.37 bits per heavy atom. The summed E-state index contributed by atoms with van der Waals surface area (Å²) in [6.45, 7) is 3.88. The van der Waals surface area contributed by atoms with E-state index < -0.39 is 6.04 Å². The summed E-state index contributed by atoms with van der Waals surface area (Å²) in [4.78, 5) is 26.4. The summed E-state index contributed by atoms with van der Waals surface area (Å²) in [6.07, 6.45) is 0. The number of hydrogen-bond acceptors (Lipinski definition) is 4. The summed E-state index contributed by atoms with van der Waals surface area (Å²) < 4.78 is 10.7. The number of methoxy groups -OCH3 is 1. The number of ether oxygens (including phenoxy) is 2. The molecule has 0 aromatic heterocycles. The third-order valence-corrected chi connectivity index (χ3v) is 4.27. The third kappa shape index (κ3) is 5.74. The van der Waals surface area contributed by atoms with Crippen molar-refractivity contribution in [3.63, 3.8) is 0 Å². The van der Waals surface area contributed by atoms with Gasteiger partial charge in [0.2, 0.25) is 5.91 Å². The van der Waals surface area contributed by atoms with Gasteiger partial charge in [-0.25, -0.2) is 0 Å². The molecule has 0 heterocycles. The number of nitrogens with one attached hydrogen (secondary N) is 1. The fourth-order valence-corrected chi connectivity index (χ4v) is 2.70. The maximum absolute atomic E-state index is 12.8. The largest absolute Gasteiger partial charge is 0.497 e. The number of aryl methyl sites for hydroxylation is 1. The van der Waals surface area contributed by atoms with Crippen LogP contribution in [-0.4, -0.2) is 43.5 Å². The van der Waals surface area contributed by atoms with Crippen molar-refractivity contribution in [2.75, 3.05) is 20.8 Å². The topological polar surface area (TPSA) is 67.9 Å². The van der Waals surface area contributed by atoms with E-state index in [1.165, 1.54) is 4.90 Å². The molecule has 2 aromatic carbocycles. The van der Waals surface area contributed by atoms with E-state index in [9.17, 15) is 9.59 Å². The van der Waals surface area contributed by atoms with Crippen LogP contribution in [0.15, 0.2) is 48.5 Å². The van der Waals surface area contributed by atoms with Crippen molar-refractivity contribution >= 4 is 11.8 Å². The molecule has 0 radical (unpaired) electrons. The number of benzene rings is 2. The molecule has 27 heavy (non-hydrogen) atoms. The van der Waals surface area contributed by atoms with Crippen LogP contribution in [0, 0.1) is 6.92 Å². The molecule has 0 aliphatic rings. The Kier molecular flexibility index (Phi) is 7.23. The maximum Gasteiger partial charge on any atom is 0.261 e. The van der Waals surface area contributed by atoms with Crippen LogP contribution < -0.4 is 14.8 Å². The minimum absolute atomic E-state index is 0.153. The molecule has 0 aliphatic carbocycles. The van der Waals surface area contributed by atoms with Gasteiger partial charge in [0.05, 0.1) is 7.11 Å². The van der Waals surface area contributed by atoms with Crippen LogP contribution in [0.4, 0.5) is 0 Å². The Balaban J connectivity index is 2.10. The Bertz CT molecular complexity index is 774. The zero-order valence-electron chi connectivity index (χ0n) is 16.2. The molecule has 0 spiro atoms. The monoisotopic (exact) mass is 370 g/mol. The lowest BCUT2D eigenvalue weighted by Gasteiger charge is -2.28. The van der Waals surface area contributed by atoms with Gasteiger partial charge in [-0.15, -0.1) is 0 Å². The SMILES string of the molecule is CNC(=O)[C@H](C)N(Cc1cccc(C)c1)C(=O)COc1ccc(OC)cc1. The normalized spacial score (nSPS) is 11.4.